The van der Waals surface area contributed by atoms with Crippen LogP contribution in [0.2, 0.25) is 0 Å². The number of hydrogen-bond acceptors (Lipinski definition) is 4. The van der Waals surface area contributed by atoms with Crippen LogP contribution in [0.3, 0.4) is 0 Å². The average Bonchev–Trinajstić information content (AvgIpc) is 2.87. The summed E-state index contributed by atoms with van der Waals surface area (Å²) < 4.78 is 10.9. The Morgan fingerprint density at radius 2 is 1.37 bits per heavy atom. The van der Waals surface area contributed by atoms with Crippen molar-refractivity contribution in [1.29, 1.82) is 0 Å². The van der Waals surface area contributed by atoms with Gasteiger partial charge in [0.2, 0.25) is 0 Å². The highest BCUT2D eigenvalue weighted by Gasteiger charge is 2.19. The average molecular weight is 476 g/mol. The zero-order valence-electron chi connectivity index (χ0n) is 20.6. The van der Waals surface area contributed by atoms with E-state index >= 15 is 0 Å². The van der Waals surface area contributed by atoms with Gasteiger partial charge in [-0.2, -0.15) is 0 Å². The van der Waals surface area contributed by atoms with E-state index in [1.165, 1.54) is 5.56 Å². The van der Waals surface area contributed by atoms with Gasteiger partial charge in [-0.05, 0) is 55.0 Å². The van der Waals surface area contributed by atoms with Crippen molar-refractivity contribution in [2.24, 2.45) is 0 Å². The molecular formula is C29H33NO5. The molecule has 0 aromatic heterocycles. The molecule has 0 bridgehead atoms. The first kappa shape index (κ1) is 25.8. The van der Waals surface area contributed by atoms with Crippen molar-refractivity contribution in [3.63, 3.8) is 0 Å². The second-order valence-electron chi connectivity index (χ2n) is 8.52. The summed E-state index contributed by atoms with van der Waals surface area (Å²) in [4.78, 5) is 26.4. The van der Waals surface area contributed by atoms with Crippen molar-refractivity contribution in [3.8, 4) is 11.5 Å². The molecule has 0 radical (unpaired) electrons. The van der Waals surface area contributed by atoms with Crippen LogP contribution < -0.4 is 9.47 Å². The van der Waals surface area contributed by atoms with E-state index in [1.54, 1.807) is 26.4 Å². The molecule has 0 spiro atoms. The van der Waals surface area contributed by atoms with Crippen LogP contribution in [0.4, 0.5) is 0 Å². The highest BCUT2D eigenvalue weighted by molar-refractivity contribution is 5.95. The van der Waals surface area contributed by atoms with Crippen LogP contribution in [0.5, 0.6) is 11.5 Å². The summed E-state index contributed by atoms with van der Waals surface area (Å²) in [5.41, 5.74) is 4.44. The second-order valence-corrected chi connectivity index (χ2v) is 8.52. The minimum absolute atomic E-state index is 0.00145. The van der Waals surface area contributed by atoms with Crippen LogP contribution in [-0.4, -0.2) is 49.2 Å². The van der Waals surface area contributed by atoms with Crippen LogP contribution in [-0.2, 0) is 24.1 Å². The van der Waals surface area contributed by atoms with E-state index in [-0.39, 0.29) is 12.3 Å². The first-order valence-corrected chi connectivity index (χ1v) is 11.8. The molecule has 184 valence electrons. The monoisotopic (exact) mass is 475 g/mol. The van der Waals surface area contributed by atoms with Gasteiger partial charge in [-0.1, -0.05) is 54.6 Å². The number of aryl methyl sites for hydroxylation is 1. The molecule has 0 saturated heterocycles. The minimum atomic E-state index is -0.850. The number of nitrogens with zero attached hydrogens (tertiary/aromatic N) is 1. The van der Waals surface area contributed by atoms with E-state index in [2.05, 4.69) is 12.1 Å². The number of methoxy groups -OCH3 is 2. The van der Waals surface area contributed by atoms with Gasteiger partial charge in [-0.25, -0.2) is 0 Å². The topological polar surface area (TPSA) is 76.1 Å². The zero-order valence-corrected chi connectivity index (χ0v) is 20.6. The summed E-state index contributed by atoms with van der Waals surface area (Å²) in [6, 6.07) is 21.3. The lowest BCUT2D eigenvalue weighted by Gasteiger charge is -2.24. The van der Waals surface area contributed by atoms with Gasteiger partial charge in [0.15, 0.2) is 0 Å². The maximum atomic E-state index is 13.6. The molecule has 6 heteroatoms. The van der Waals surface area contributed by atoms with Gasteiger partial charge >= 0.3 is 5.97 Å². The van der Waals surface area contributed by atoms with E-state index in [4.69, 9.17) is 14.6 Å². The molecule has 0 aliphatic carbocycles. The lowest BCUT2D eigenvalue weighted by Crippen LogP contribution is -2.34. The van der Waals surface area contributed by atoms with Gasteiger partial charge in [0.1, 0.15) is 11.5 Å². The summed E-state index contributed by atoms with van der Waals surface area (Å²) in [7, 11) is 3.17. The van der Waals surface area contributed by atoms with Crippen molar-refractivity contribution >= 4 is 11.9 Å². The maximum absolute atomic E-state index is 13.6. The van der Waals surface area contributed by atoms with Gasteiger partial charge in [0, 0.05) is 24.2 Å². The molecule has 3 rings (SSSR count). The van der Waals surface area contributed by atoms with Gasteiger partial charge in [0.05, 0.1) is 20.6 Å². The minimum Gasteiger partial charge on any atom is -0.496 e. The van der Waals surface area contributed by atoms with Crippen LogP contribution in [0.25, 0.3) is 0 Å². The molecule has 0 heterocycles. The number of carbonyl (C=O) groups excluding carboxylic acids is 1. The fraction of sp³-hybridized carbons (Fsp3) is 0.310. The lowest BCUT2D eigenvalue weighted by atomic mass is 10.1. The molecule has 0 unspecified atom stereocenters. The molecule has 3 aromatic rings. The third-order valence-electron chi connectivity index (χ3n) is 6.07. The Bertz CT molecular complexity index is 1100. The van der Waals surface area contributed by atoms with E-state index in [1.807, 2.05) is 54.3 Å². The van der Waals surface area contributed by atoms with E-state index in [0.717, 1.165) is 29.5 Å². The Balaban J connectivity index is 1.76. The first-order chi connectivity index (χ1) is 16.9. The Kier molecular flexibility index (Phi) is 9.30. The molecule has 0 aliphatic rings. The summed E-state index contributed by atoms with van der Waals surface area (Å²) in [6.07, 6.45) is 2.40. The quantitative estimate of drug-likeness (QED) is 0.401. The zero-order chi connectivity index (χ0) is 25.2. The van der Waals surface area contributed by atoms with Crippen molar-refractivity contribution in [3.05, 3.63) is 94.5 Å². The Labute approximate surface area is 207 Å². The Morgan fingerprint density at radius 1 is 0.800 bits per heavy atom. The van der Waals surface area contributed by atoms with E-state index < -0.39 is 5.97 Å². The molecular weight excluding hydrogens is 442 g/mol. The van der Waals surface area contributed by atoms with Crippen LogP contribution in [0.1, 0.15) is 39.0 Å². The number of ether oxygens (including phenoxy) is 2. The maximum Gasteiger partial charge on any atom is 0.307 e. The SMILES string of the molecule is COc1cc(C(=O)N(CCCc2ccccc2)CCc2ccc(CC(=O)O)cc2)cc(OC)c1C. The highest BCUT2D eigenvalue weighted by atomic mass is 16.5. The van der Waals surface area contributed by atoms with Crippen molar-refractivity contribution in [1.82, 2.24) is 4.90 Å². The number of carboxylic acid groups (broad SMARTS) is 1. The standard InChI is InChI=1S/C29H33NO5/c1-21-26(34-2)19-25(20-27(21)35-3)29(33)30(16-7-10-22-8-5-4-6-9-22)17-15-23-11-13-24(14-12-23)18-28(31)32/h4-6,8-9,11-14,19-20H,7,10,15-18H2,1-3H3,(H,31,32). The number of benzene rings is 3. The van der Waals surface area contributed by atoms with Gasteiger partial charge in [-0.3, -0.25) is 9.59 Å². The van der Waals surface area contributed by atoms with Crippen molar-refractivity contribution < 1.29 is 24.2 Å². The Hall–Kier alpha value is -3.80. The third-order valence-corrected chi connectivity index (χ3v) is 6.07. The predicted octanol–water partition coefficient (Wildman–Crippen LogP) is 4.96. The molecule has 6 nitrogen and oxygen atoms in total. The third kappa shape index (κ3) is 7.34. The summed E-state index contributed by atoms with van der Waals surface area (Å²) >= 11 is 0. The summed E-state index contributed by atoms with van der Waals surface area (Å²) in [5, 5.41) is 8.98. The molecule has 0 aliphatic heterocycles. The fourth-order valence-corrected chi connectivity index (χ4v) is 4.09. The molecule has 35 heavy (non-hydrogen) atoms. The van der Waals surface area contributed by atoms with E-state index in [0.29, 0.717) is 36.6 Å². The van der Waals surface area contributed by atoms with Crippen molar-refractivity contribution in [2.75, 3.05) is 27.3 Å². The predicted molar refractivity (Wildman–Crippen MR) is 136 cm³/mol. The highest BCUT2D eigenvalue weighted by Crippen LogP contribution is 2.30. The number of carboxylic acids is 1. The normalized spacial score (nSPS) is 10.6. The first-order valence-electron chi connectivity index (χ1n) is 11.8. The van der Waals surface area contributed by atoms with Crippen molar-refractivity contribution in [2.45, 2.75) is 32.6 Å². The molecule has 0 atom stereocenters. The van der Waals surface area contributed by atoms with Gasteiger partial charge < -0.3 is 19.5 Å². The molecule has 0 saturated carbocycles. The summed E-state index contributed by atoms with van der Waals surface area (Å²) in [5.74, 6) is 0.311. The van der Waals surface area contributed by atoms with Crippen LogP contribution >= 0.6 is 0 Å². The molecule has 1 N–H and O–H groups in total. The number of rotatable bonds is 12. The van der Waals surface area contributed by atoms with Gasteiger partial charge in [0.25, 0.3) is 5.91 Å². The number of hydrogen-bond donors (Lipinski definition) is 1. The van der Waals surface area contributed by atoms with Gasteiger partial charge in [-0.15, -0.1) is 0 Å². The summed E-state index contributed by atoms with van der Waals surface area (Å²) in [6.45, 7) is 3.06. The van der Waals surface area contributed by atoms with E-state index in [9.17, 15) is 9.59 Å². The largest absolute Gasteiger partial charge is 0.496 e. The number of amides is 1. The number of carbonyl (C=O) groups is 2. The van der Waals surface area contributed by atoms with Crippen LogP contribution in [0, 0.1) is 6.92 Å². The second kappa shape index (κ2) is 12.6. The Morgan fingerprint density at radius 3 is 1.94 bits per heavy atom. The lowest BCUT2D eigenvalue weighted by molar-refractivity contribution is -0.136. The number of aliphatic carboxylic acids is 1. The smallest absolute Gasteiger partial charge is 0.307 e. The molecule has 0 fully saturated rings. The molecule has 3 aromatic carbocycles. The fourth-order valence-electron chi connectivity index (χ4n) is 4.09. The molecule has 1 amide bonds. The van der Waals surface area contributed by atoms with Crippen LogP contribution in [0.15, 0.2) is 66.7 Å².